The molecule has 0 unspecified atom stereocenters. The number of esters is 1. The quantitative estimate of drug-likeness (QED) is 0.380. The average molecular weight is 416 g/mol. The highest BCUT2D eigenvalue weighted by atomic mass is 16.5. The molecule has 0 spiro atoms. The summed E-state index contributed by atoms with van der Waals surface area (Å²) >= 11 is 0. The monoisotopic (exact) mass is 416 g/mol. The van der Waals surface area contributed by atoms with E-state index in [9.17, 15) is 14.7 Å². The van der Waals surface area contributed by atoms with Gasteiger partial charge in [-0.25, -0.2) is 9.59 Å². The standard InChI is InChI=1S/C25H20O6/c1-29-20-12-13-21-17(14-23(26)31-22(21)15-20)16-30-24(27)25(28,18-8-4-2-5-9-18)19-10-6-3-7-11-19/h2-15,28H,16H2,1H3. The molecule has 31 heavy (non-hydrogen) atoms. The topological polar surface area (TPSA) is 86.0 Å². The number of fused-ring (bicyclic) bond motifs is 1. The summed E-state index contributed by atoms with van der Waals surface area (Å²) in [5, 5.41) is 12.1. The average Bonchev–Trinajstić information content (AvgIpc) is 2.82. The van der Waals surface area contributed by atoms with Crippen LogP contribution in [-0.2, 0) is 21.7 Å². The maximum atomic E-state index is 13.2. The van der Waals surface area contributed by atoms with E-state index in [0.29, 0.717) is 33.4 Å². The van der Waals surface area contributed by atoms with E-state index in [1.165, 1.54) is 13.2 Å². The van der Waals surface area contributed by atoms with E-state index in [1.807, 2.05) is 0 Å². The van der Waals surface area contributed by atoms with Gasteiger partial charge in [0.2, 0.25) is 5.60 Å². The van der Waals surface area contributed by atoms with Gasteiger partial charge in [0.15, 0.2) is 0 Å². The van der Waals surface area contributed by atoms with E-state index in [2.05, 4.69) is 0 Å². The highest BCUT2D eigenvalue weighted by molar-refractivity contribution is 5.86. The third-order valence-electron chi connectivity index (χ3n) is 5.07. The molecular formula is C25H20O6. The number of carbonyl (C=O) groups excluding carboxylic acids is 1. The molecule has 1 aromatic heterocycles. The van der Waals surface area contributed by atoms with Crippen molar-refractivity contribution in [2.24, 2.45) is 0 Å². The molecule has 1 heterocycles. The minimum Gasteiger partial charge on any atom is -0.497 e. The minimum atomic E-state index is -2.00. The molecular weight excluding hydrogens is 396 g/mol. The Hall–Kier alpha value is -3.90. The number of hydrogen-bond donors (Lipinski definition) is 1. The van der Waals surface area contributed by atoms with E-state index in [4.69, 9.17) is 13.9 Å². The van der Waals surface area contributed by atoms with Crippen molar-refractivity contribution in [1.82, 2.24) is 0 Å². The smallest absolute Gasteiger partial charge is 0.348 e. The van der Waals surface area contributed by atoms with Crippen molar-refractivity contribution in [2.75, 3.05) is 7.11 Å². The van der Waals surface area contributed by atoms with Gasteiger partial charge in [0.1, 0.15) is 17.9 Å². The Bertz CT molecular complexity index is 1220. The molecule has 6 nitrogen and oxygen atoms in total. The van der Waals surface area contributed by atoms with Crippen LogP contribution < -0.4 is 10.4 Å². The zero-order chi connectivity index (χ0) is 21.8. The molecule has 0 radical (unpaired) electrons. The SMILES string of the molecule is COc1ccc2c(COC(=O)C(O)(c3ccccc3)c3ccccc3)cc(=O)oc2c1. The zero-order valence-corrected chi connectivity index (χ0v) is 16.8. The second kappa shape index (κ2) is 8.45. The van der Waals surface area contributed by atoms with Gasteiger partial charge in [-0.05, 0) is 23.3 Å². The molecule has 0 amide bonds. The second-order valence-electron chi connectivity index (χ2n) is 6.97. The van der Waals surface area contributed by atoms with Crippen LogP contribution in [0.5, 0.6) is 5.75 Å². The molecule has 0 aliphatic rings. The third kappa shape index (κ3) is 3.93. The first kappa shape index (κ1) is 20.4. The number of carbonyl (C=O) groups is 1. The van der Waals surface area contributed by atoms with Crippen molar-refractivity contribution in [1.29, 1.82) is 0 Å². The van der Waals surface area contributed by atoms with Gasteiger partial charge in [-0.2, -0.15) is 0 Å². The van der Waals surface area contributed by atoms with Crippen molar-refractivity contribution in [3.8, 4) is 5.75 Å². The zero-order valence-electron chi connectivity index (χ0n) is 16.8. The molecule has 0 saturated heterocycles. The summed E-state index contributed by atoms with van der Waals surface area (Å²) in [4.78, 5) is 25.2. The Kier molecular flexibility index (Phi) is 5.56. The molecule has 156 valence electrons. The first-order valence-corrected chi connectivity index (χ1v) is 9.64. The van der Waals surface area contributed by atoms with E-state index in [1.54, 1.807) is 78.9 Å². The summed E-state index contributed by atoms with van der Waals surface area (Å²) in [6, 6.07) is 23.5. The molecule has 0 atom stereocenters. The number of rotatable bonds is 6. The largest absolute Gasteiger partial charge is 0.497 e. The van der Waals surface area contributed by atoms with Gasteiger partial charge in [-0.15, -0.1) is 0 Å². The predicted molar refractivity (Wildman–Crippen MR) is 115 cm³/mol. The first-order chi connectivity index (χ1) is 15.0. The molecule has 4 aromatic rings. The summed E-state index contributed by atoms with van der Waals surface area (Å²) < 4.78 is 15.9. The van der Waals surface area contributed by atoms with Crippen molar-refractivity contribution >= 4 is 16.9 Å². The maximum Gasteiger partial charge on any atom is 0.348 e. The van der Waals surface area contributed by atoms with Crippen LogP contribution in [0.2, 0.25) is 0 Å². The Morgan fingerprint density at radius 2 is 1.55 bits per heavy atom. The van der Waals surface area contributed by atoms with Gasteiger partial charge in [0.05, 0.1) is 7.11 Å². The van der Waals surface area contributed by atoms with Gasteiger partial charge in [-0.3, -0.25) is 0 Å². The molecule has 6 heteroatoms. The molecule has 4 rings (SSSR count). The summed E-state index contributed by atoms with van der Waals surface area (Å²) in [5.41, 5.74) is -1.03. The minimum absolute atomic E-state index is 0.213. The summed E-state index contributed by atoms with van der Waals surface area (Å²) in [6.07, 6.45) is 0. The third-order valence-corrected chi connectivity index (χ3v) is 5.07. The van der Waals surface area contributed by atoms with Crippen molar-refractivity contribution in [3.63, 3.8) is 0 Å². The van der Waals surface area contributed by atoms with Gasteiger partial charge in [0, 0.05) is 23.1 Å². The second-order valence-corrected chi connectivity index (χ2v) is 6.97. The van der Waals surface area contributed by atoms with Gasteiger partial charge < -0.3 is 19.0 Å². The van der Waals surface area contributed by atoms with Crippen molar-refractivity contribution in [3.05, 3.63) is 112 Å². The van der Waals surface area contributed by atoms with Crippen LogP contribution >= 0.6 is 0 Å². The van der Waals surface area contributed by atoms with Crippen LogP contribution in [-0.4, -0.2) is 18.2 Å². The fourth-order valence-corrected chi connectivity index (χ4v) is 3.47. The van der Waals surface area contributed by atoms with Gasteiger partial charge >= 0.3 is 11.6 Å². The lowest BCUT2D eigenvalue weighted by Crippen LogP contribution is -2.38. The molecule has 0 aliphatic heterocycles. The molecule has 1 N–H and O–H groups in total. The normalized spacial score (nSPS) is 11.3. The Morgan fingerprint density at radius 1 is 0.935 bits per heavy atom. The number of ether oxygens (including phenoxy) is 2. The number of aliphatic hydroxyl groups is 1. The number of benzene rings is 3. The fraction of sp³-hybridized carbons (Fsp3) is 0.120. The van der Waals surface area contributed by atoms with E-state index < -0.39 is 17.2 Å². The van der Waals surface area contributed by atoms with E-state index in [0.717, 1.165) is 0 Å². The molecule has 0 saturated carbocycles. The lowest BCUT2D eigenvalue weighted by molar-refractivity contribution is -0.163. The molecule has 0 bridgehead atoms. The molecule has 0 fully saturated rings. The van der Waals surface area contributed by atoms with Crippen molar-refractivity contribution < 1.29 is 23.8 Å². The summed E-state index contributed by atoms with van der Waals surface area (Å²) in [5.74, 6) is -0.313. The highest BCUT2D eigenvalue weighted by Crippen LogP contribution is 2.32. The maximum absolute atomic E-state index is 13.2. The predicted octanol–water partition coefficient (Wildman–Crippen LogP) is 3.78. The van der Waals surface area contributed by atoms with Crippen LogP contribution in [0.1, 0.15) is 16.7 Å². The van der Waals surface area contributed by atoms with Crippen LogP contribution in [0.25, 0.3) is 11.0 Å². The summed E-state index contributed by atoms with van der Waals surface area (Å²) in [7, 11) is 1.51. The van der Waals surface area contributed by atoms with Crippen LogP contribution in [0.3, 0.4) is 0 Å². The van der Waals surface area contributed by atoms with Gasteiger partial charge in [-0.1, -0.05) is 60.7 Å². The summed E-state index contributed by atoms with van der Waals surface area (Å²) in [6.45, 7) is -0.213. The molecule has 0 aliphatic carbocycles. The Labute approximate surface area is 178 Å². The van der Waals surface area contributed by atoms with Crippen molar-refractivity contribution in [2.45, 2.75) is 12.2 Å². The fourth-order valence-electron chi connectivity index (χ4n) is 3.47. The Balaban J connectivity index is 1.69. The van der Waals surface area contributed by atoms with Crippen LogP contribution in [0.15, 0.2) is 94.1 Å². The lowest BCUT2D eigenvalue weighted by Gasteiger charge is -2.27. The van der Waals surface area contributed by atoms with E-state index >= 15 is 0 Å². The lowest BCUT2D eigenvalue weighted by atomic mass is 9.86. The van der Waals surface area contributed by atoms with E-state index in [-0.39, 0.29) is 6.61 Å². The number of methoxy groups -OCH3 is 1. The van der Waals surface area contributed by atoms with Crippen LogP contribution in [0.4, 0.5) is 0 Å². The molecule has 3 aromatic carbocycles. The van der Waals surface area contributed by atoms with Crippen LogP contribution in [0, 0.1) is 0 Å². The number of hydrogen-bond acceptors (Lipinski definition) is 6. The highest BCUT2D eigenvalue weighted by Gasteiger charge is 2.41. The Morgan fingerprint density at radius 3 is 2.13 bits per heavy atom. The first-order valence-electron chi connectivity index (χ1n) is 9.64. The van der Waals surface area contributed by atoms with Gasteiger partial charge in [0.25, 0.3) is 0 Å².